The van der Waals surface area contributed by atoms with Gasteiger partial charge in [0, 0.05) is 37.9 Å². The SMILES string of the molecule is O=C(NCN1CCN(c2ccccn2)CC1)c1cccc(C(F)(F)F)c1. The fourth-order valence-electron chi connectivity index (χ4n) is 2.80. The van der Waals surface area contributed by atoms with Crippen LogP contribution in [-0.2, 0) is 6.18 Å². The maximum absolute atomic E-state index is 12.7. The molecular formula is C18H19F3N4O. The van der Waals surface area contributed by atoms with E-state index in [9.17, 15) is 18.0 Å². The summed E-state index contributed by atoms with van der Waals surface area (Å²) in [5.74, 6) is 0.406. The third-order valence-corrected chi connectivity index (χ3v) is 4.26. The van der Waals surface area contributed by atoms with Crippen molar-refractivity contribution >= 4 is 11.7 Å². The third kappa shape index (κ3) is 4.51. The predicted octanol–water partition coefficient (Wildman–Crippen LogP) is 2.61. The number of hydrogen-bond acceptors (Lipinski definition) is 4. The van der Waals surface area contributed by atoms with Crippen LogP contribution in [0.1, 0.15) is 15.9 Å². The molecule has 1 aliphatic rings. The Labute approximate surface area is 149 Å². The lowest BCUT2D eigenvalue weighted by atomic mass is 10.1. The molecule has 138 valence electrons. The van der Waals surface area contributed by atoms with Gasteiger partial charge in [0.2, 0.25) is 0 Å². The van der Waals surface area contributed by atoms with Crippen molar-refractivity contribution in [2.75, 3.05) is 37.7 Å². The zero-order chi connectivity index (χ0) is 18.6. The van der Waals surface area contributed by atoms with E-state index >= 15 is 0 Å². The fourth-order valence-corrected chi connectivity index (χ4v) is 2.80. The lowest BCUT2D eigenvalue weighted by Crippen LogP contribution is -2.50. The number of aromatic nitrogens is 1. The molecule has 0 bridgehead atoms. The van der Waals surface area contributed by atoms with Crippen LogP contribution in [0.4, 0.5) is 19.0 Å². The second-order valence-electron chi connectivity index (χ2n) is 6.04. The van der Waals surface area contributed by atoms with Crippen molar-refractivity contribution in [2.45, 2.75) is 6.18 Å². The molecule has 1 saturated heterocycles. The van der Waals surface area contributed by atoms with Gasteiger partial charge in [-0.05, 0) is 30.3 Å². The topological polar surface area (TPSA) is 48.5 Å². The number of amides is 1. The van der Waals surface area contributed by atoms with E-state index in [0.29, 0.717) is 6.67 Å². The first-order chi connectivity index (χ1) is 12.4. The van der Waals surface area contributed by atoms with E-state index in [1.807, 2.05) is 23.1 Å². The average Bonchev–Trinajstić information content (AvgIpc) is 2.66. The van der Waals surface area contributed by atoms with Gasteiger partial charge in [0.15, 0.2) is 0 Å². The van der Waals surface area contributed by atoms with Crippen molar-refractivity contribution in [3.05, 3.63) is 59.8 Å². The van der Waals surface area contributed by atoms with Crippen LogP contribution in [0.25, 0.3) is 0 Å². The van der Waals surface area contributed by atoms with Crippen LogP contribution in [0.15, 0.2) is 48.7 Å². The highest BCUT2D eigenvalue weighted by molar-refractivity contribution is 5.94. The fraction of sp³-hybridized carbons (Fsp3) is 0.333. The summed E-state index contributed by atoms with van der Waals surface area (Å²) >= 11 is 0. The number of nitrogens with one attached hydrogen (secondary N) is 1. The first-order valence-corrected chi connectivity index (χ1v) is 8.27. The van der Waals surface area contributed by atoms with Crippen molar-refractivity contribution in [3.8, 4) is 0 Å². The van der Waals surface area contributed by atoms with Crippen molar-refractivity contribution in [1.82, 2.24) is 15.2 Å². The van der Waals surface area contributed by atoms with Gasteiger partial charge in [0.1, 0.15) is 5.82 Å². The molecule has 1 N–H and O–H groups in total. The number of benzene rings is 1. The first kappa shape index (κ1) is 18.2. The molecule has 0 aliphatic carbocycles. The highest BCUT2D eigenvalue weighted by atomic mass is 19.4. The number of carbonyl (C=O) groups excluding carboxylic acids is 1. The Morgan fingerprint density at radius 1 is 1.08 bits per heavy atom. The maximum Gasteiger partial charge on any atom is 0.416 e. The van der Waals surface area contributed by atoms with E-state index in [2.05, 4.69) is 15.2 Å². The molecule has 5 nitrogen and oxygen atoms in total. The van der Waals surface area contributed by atoms with Gasteiger partial charge in [0.05, 0.1) is 12.2 Å². The summed E-state index contributed by atoms with van der Waals surface area (Å²) in [4.78, 5) is 20.6. The van der Waals surface area contributed by atoms with Gasteiger partial charge in [-0.1, -0.05) is 12.1 Å². The molecule has 0 spiro atoms. The quantitative estimate of drug-likeness (QED) is 0.906. The van der Waals surface area contributed by atoms with E-state index < -0.39 is 17.6 Å². The Hall–Kier alpha value is -2.61. The Balaban J connectivity index is 1.50. The van der Waals surface area contributed by atoms with Crippen LogP contribution in [0, 0.1) is 0 Å². The zero-order valence-electron chi connectivity index (χ0n) is 14.0. The van der Waals surface area contributed by atoms with Gasteiger partial charge >= 0.3 is 6.18 Å². The van der Waals surface area contributed by atoms with Gasteiger partial charge in [0.25, 0.3) is 5.91 Å². The second kappa shape index (κ2) is 7.74. The Morgan fingerprint density at radius 2 is 1.85 bits per heavy atom. The summed E-state index contributed by atoms with van der Waals surface area (Å²) in [7, 11) is 0. The van der Waals surface area contributed by atoms with Gasteiger partial charge in [-0.25, -0.2) is 4.98 Å². The summed E-state index contributed by atoms with van der Waals surface area (Å²) in [5.41, 5.74) is -0.818. The Kier molecular flexibility index (Phi) is 5.41. The lowest BCUT2D eigenvalue weighted by Gasteiger charge is -2.35. The van der Waals surface area contributed by atoms with Gasteiger partial charge in [-0.2, -0.15) is 13.2 Å². The standard InChI is InChI=1S/C18H19F3N4O/c19-18(20,21)15-5-3-4-14(12-15)17(26)23-13-24-8-10-25(11-9-24)16-6-1-2-7-22-16/h1-7,12H,8-11,13H2,(H,23,26). The number of rotatable bonds is 4. The van der Waals surface area contributed by atoms with E-state index in [0.717, 1.165) is 44.1 Å². The van der Waals surface area contributed by atoms with Crippen LogP contribution >= 0.6 is 0 Å². The molecule has 1 aromatic carbocycles. The minimum absolute atomic E-state index is 0.00643. The number of carbonyl (C=O) groups is 1. The zero-order valence-corrected chi connectivity index (χ0v) is 14.0. The molecule has 1 aliphatic heterocycles. The lowest BCUT2D eigenvalue weighted by molar-refractivity contribution is -0.137. The Morgan fingerprint density at radius 3 is 2.50 bits per heavy atom. The number of nitrogens with zero attached hydrogens (tertiary/aromatic N) is 3. The van der Waals surface area contributed by atoms with Crippen molar-refractivity contribution < 1.29 is 18.0 Å². The van der Waals surface area contributed by atoms with Crippen molar-refractivity contribution in [3.63, 3.8) is 0 Å². The number of hydrogen-bond donors (Lipinski definition) is 1. The molecule has 0 radical (unpaired) electrons. The molecule has 1 aromatic heterocycles. The minimum atomic E-state index is -4.46. The number of anilines is 1. The van der Waals surface area contributed by atoms with E-state index in [-0.39, 0.29) is 5.56 Å². The molecule has 2 aromatic rings. The highest BCUT2D eigenvalue weighted by Gasteiger charge is 2.31. The summed E-state index contributed by atoms with van der Waals surface area (Å²) in [5, 5.41) is 2.69. The second-order valence-corrected chi connectivity index (χ2v) is 6.04. The summed E-state index contributed by atoms with van der Waals surface area (Å²) in [6, 6.07) is 10.2. The molecule has 0 unspecified atom stereocenters. The molecule has 1 amide bonds. The van der Waals surface area contributed by atoms with Crippen molar-refractivity contribution in [2.24, 2.45) is 0 Å². The molecule has 0 atom stereocenters. The minimum Gasteiger partial charge on any atom is -0.354 e. The van der Waals surface area contributed by atoms with Crippen LogP contribution in [-0.4, -0.2) is 48.6 Å². The summed E-state index contributed by atoms with van der Waals surface area (Å²) < 4.78 is 38.2. The summed E-state index contributed by atoms with van der Waals surface area (Å²) in [6.45, 7) is 3.32. The number of pyridine rings is 1. The first-order valence-electron chi connectivity index (χ1n) is 8.27. The van der Waals surface area contributed by atoms with E-state index in [4.69, 9.17) is 0 Å². The van der Waals surface area contributed by atoms with Crippen LogP contribution in [0.2, 0.25) is 0 Å². The molecule has 0 saturated carbocycles. The van der Waals surface area contributed by atoms with Gasteiger partial charge < -0.3 is 10.2 Å². The number of piperazine rings is 1. The molecule has 8 heteroatoms. The number of halogens is 3. The van der Waals surface area contributed by atoms with Crippen LogP contribution in [0.5, 0.6) is 0 Å². The van der Waals surface area contributed by atoms with Gasteiger partial charge in [-0.15, -0.1) is 0 Å². The normalized spacial score (nSPS) is 15.7. The molecule has 2 heterocycles. The smallest absolute Gasteiger partial charge is 0.354 e. The van der Waals surface area contributed by atoms with E-state index in [1.165, 1.54) is 12.1 Å². The Bertz CT molecular complexity index is 744. The maximum atomic E-state index is 12.7. The monoisotopic (exact) mass is 364 g/mol. The highest BCUT2D eigenvalue weighted by Crippen LogP contribution is 2.29. The number of alkyl halides is 3. The predicted molar refractivity (Wildman–Crippen MR) is 91.8 cm³/mol. The average molecular weight is 364 g/mol. The van der Waals surface area contributed by atoms with E-state index in [1.54, 1.807) is 6.20 Å². The summed E-state index contributed by atoms with van der Waals surface area (Å²) in [6.07, 6.45) is -2.71. The van der Waals surface area contributed by atoms with Crippen LogP contribution in [0.3, 0.4) is 0 Å². The van der Waals surface area contributed by atoms with Crippen molar-refractivity contribution in [1.29, 1.82) is 0 Å². The van der Waals surface area contributed by atoms with Crippen LogP contribution < -0.4 is 10.2 Å². The molecular weight excluding hydrogens is 345 g/mol. The molecule has 1 fully saturated rings. The van der Waals surface area contributed by atoms with Gasteiger partial charge in [-0.3, -0.25) is 9.69 Å². The molecule has 26 heavy (non-hydrogen) atoms. The largest absolute Gasteiger partial charge is 0.416 e. The molecule has 3 rings (SSSR count). The third-order valence-electron chi connectivity index (χ3n) is 4.26.